The number of hydrogen-bond acceptors (Lipinski definition) is 0. The molecule has 0 heterocycles. The normalized spacial score (nSPS) is 13.1. The van der Waals surface area contributed by atoms with E-state index in [1.807, 2.05) is 0 Å². The van der Waals surface area contributed by atoms with E-state index in [9.17, 15) is 0 Å². The molecule has 0 aliphatic carbocycles. The zero-order chi connectivity index (χ0) is 11.6. The summed E-state index contributed by atoms with van der Waals surface area (Å²) in [5.41, 5.74) is 0. The molecule has 88 valence electrons. The third-order valence-corrected chi connectivity index (χ3v) is 3.77. The average Bonchev–Trinajstić information content (AvgIpc) is 2.14. The van der Waals surface area contributed by atoms with Gasteiger partial charge in [-0.1, -0.05) is 63.7 Å². The molecule has 0 saturated heterocycles. The first-order valence-corrected chi connectivity index (χ1v) is 10.1. The number of hydrogen-bond donors (Lipinski definition) is 0. The summed E-state index contributed by atoms with van der Waals surface area (Å²) >= 11 is 0. The van der Waals surface area contributed by atoms with Gasteiger partial charge in [0.05, 0.1) is 0 Å². The summed E-state index contributed by atoms with van der Waals surface area (Å²) in [6.07, 6.45) is 15.7. The summed E-state index contributed by atoms with van der Waals surface area (Å²) in [6, 6.07) is 1.32. The van der Waals surface area contributed by atoms with Gasteiger partial charge in [0.25, 0.3) is 0 Å². The molecule has 0 bridgehead atoms. The fourth-order valence-electron chi connectivity index (χ4n) is 1.34. The Bertz CT molecular complexity index is 184. The molecule has 0 aromatic heterocycles. The molecule has 0 radical (unpaired) electrons. The topological polar surface area (TPSA) is 0 Å². The van der Waals surface area contributed by atoms with Gasteiger partial charge in [0, 0.05) is 8.07 Å². The predicted molar refractivity (Wildman–Crippen MR) is 75.2 cm³/mol. The first-order chi connectivity index (χ1) is 7.06. The van der Waals surface area contributed by atoms with Gasteiger partial charge >= 0.3 is 0 Å². The summed E-state index contributed by atoms with van der Waals surface area (Å²) in [4.78, 5) is 0. The minimum absolute atomic E-state index is 0.854. The van der Waals surface area contributed by atoms with Gasteiger partial charge in [-0.3, -0.25) is 0 Å². The van der Waals surface area contributed by atoms with Crippen LogP contribution in [-0.2, 0) is 0 Å². The maximum atomic E-state index is 2.41. The summed E-state index contributed by atoms with van der Waals surface area (Å²) in [5, 5.41) is 0. The van der Waals surface area contributed by atoms with Crippen LogP contribution < -0.4 is 0 Å². The summed E-state index contributed by atoms with van der Waals surface area (Å²) in [7, 11) is -0.854. The lowest BCUT2D eigenvalue weighted by atomic mass is 10.2. The maximum Gasteiger partial charge on any atom is 0.0480 e. The van der Waals surface area contributed by atoms with Crippen LogP contribution in [0.1, 0.15) is 39.0 Å². The van der Waals surface area contributed by atoms with Crippen LogP contribution >= 0.6 is 0 Å². The van der Waals surface area contributed by atoms with Crippen LogP contribution in [-0.4, -0.2) is 8.07 Å². The smallest absolute Gasteiger partial charge is 0.0480 e. The highest BCUT2D eigenvalue weighted by molar-refractivity contribution is 6.76. The van der Waals surface area contributed by atoms with Crippen LogP contribution in [0.2, 0.25) is 25.7 Å². The van der Waals surface area contributed by atoms with Crippen LogP contribution in [0.5, 0.6) is 0 Å². The minimum atomic E-state index is -0.854. The number of allylic oxidation sites excluding steroid dienone is 4. The summed E-state index contributed by atoms with van der Waals surface area (Å²) < 4.78 is 0. The lowest BCUT2D eigenvalue weighted by Crippen LogP contribution is -2.17. The van der Waals surface area contributed by atoms with Gasteiger partial charge in [-0.05, 0) is 25.3 Å². The molecule has 0 aromatic carbocycles. The minimum Gasteiger partial charge on any atom is -0.0909 e. The standard InChI is InChI=1S/C14H28Si/c1-5-6-7-8-9-10-11-12-13-14-15(2,3)4/h9-10,12-13H,5-8,11,14H2,1-4H3/b10-9-,13-12+. The van der Waals surface area contributed by atoms with Crippen LogP contribution in [0.3, 0.4) is 0 Å². The summed E-state index contributed by atoms with van der Waals surface area (Å²) in [5.74, 6) is 0. The monoisotopic (exact) mass is 224 g/mol. The molecule has 0 aliphatic heterocycles. The molecule has 0 saturated carbocycles. The van der Waals surface area contributed by atoms with Gasteiger partial charge in [0.2, 0.25) is 0 Å². The van der Waals surface area contributed by atoms with E-state index in [1.54, 1.807) is 0 Å². The zero-order valence-corrected chi connectivity index (χ0v) is 12.1. The number of unbranched alkanes of at least 4 members (excludes halogenated alkanes) is 3. The highest BCUT2D eigenvalue weighted by Gasteiger charge is 2.08. The van der Waals surface area contributed by atoms with Gasteiger partial charge in [-0.15, -0.1) is 0 Å². The Balaban J connectivity index is 3.36. The van der Waals surface area contributed by atoms with E-state index in [2.05, 4.69) is 50.9 Å². The van der Waals surface area contributed by atoms with Crippen molar-refractivity contribution in [3.05, 3.63) is 24.3 Å². The van der Waals surface area contributed by atoms with E-state index >= 15 is 0 Å². The number of rotatable bonds is 8. The molecule has 15 heavy (non-hydrogen) atoms. The molecule has 0 rings (SSSR count). The molecule has 1 heteroatoms. The molecule has 0 aromatic rings. The Morgan fingerprint density at radius 2 is 1.53 bits per heavy atom. The van der Waals surface area contributed by atoms with Crippen molar-refractivity contribution in [3.63, 3.8) is 0 Å². The van der Waals surface area contributed by atoms with E-state index in [0.29, 0.717) is 0 Å². The highest BCUT2D eigenvalue weighted by Crippen LogP contribution is 2.08. The third kappa shape index (κ3) is 13.7. The Morgan fingerprint density at radius 1 is 0.867 bits per heavy atom. The van der Waals surface area contributed by atoms with E-state index in [-0.39, 0.29) is 0 Å². The van der Waals surface area contributed by atoms with Gasteiger partial charge in [-0.2, -0.15) is 0 Å². The molecule has 0 aliphatic rings. The van der Waals surface area contributed by atoms with Crippen LogP contribution in [0.25, 0.3) is 0 Å². The van der Waals surface area contributed by atoms with Crippen molar-refractivity contribution in [2.45, 2.75) is 64.7 Å². The maximum absolute atomic E-state index is 2.41. The first-order valence-electron chi connectivity index (χ1n) is 6.36. The molecule has 0 unspecified atom stereocenters. The second-order valence-corrected chi connectivity index (χ2v) is 11.0. The first kappa shape index (κ1) is 14.7. The van der Waals surface area contributed by atoms with Crippen molar-refractivity contribution in [3.8, 4) is 0 Å². The average molecular weight is 224 g/mol. The second-order valence-electron chi connectivity index (χ2n) is 5.44. The van der Waals surface area contributed by atoms with E-state index in [4.69, 9.17) is 0 Å². The molecule has 0 nitrogen and oxygen atoms in total. The van der Waals surface area contributed by atoms with Crippen molar-refractivity contribution in [2.75, 3.05) is 0 Å². The van der Waals surface area contributed by atoms with Crippen LogP contribution in [0.15, 0.2) is 24.3 Å². The lowest BCUT2D eigenvalue weighted by molar-refractivity contribution is 0.728. The Morgan fingerprint density at radius 3 is 2.13 bits per heavy atom. The molecule has 0 atom stereocenters. The quantitative estimate of drug-likeness (QED) is 0.294. The van der Waals surface area contributed by atoms with E-state index < -0.39 is 8.07 Å². The second kappa shape index (κ2) is 8.96. The summed E-state index contributed by atoms with van der Waals surface area (Å²) in [6.45, 7) is 9.50. The van der Waals surface area contributed by atoms with Crippen molar-refractivity contribution in [1.29, 1.82) is 0 Å². The lowest BCUT2D eigenvalue weighted by Gasteiger charge is -2.11. The van der Waals surface area contributed by atoms with Gasteiger partial charge in [0.1, 0.15) is 0 Å². The molecular formula is C14H28Si. The molecular weight excluding hydrogens is 196 g/mol. The van der Waals surface area contributed by atoms with Crippen LogP contribution in [0, 0.1) is 0 Å². The Labute approximate surface area is 97.5 Å². The van der Waals surface area contributed by atoms with Crippen molar-refractivity contribution in [2.24, 2.45) is 0 Å². The zero-order valence-electron chi connectivity index (χ0n) is 11.1. The van der Waals surface area contributed by atoms with Crippen molar-refractivity contribution >= 4 is 8.07 Å². The SMILES string of the molecule is CCCCC/C=C\C/C=C/C[Si](C)(C)C. The van der Waals surface area contributed by atoms with Gasteiger partial charge in [-0.25, -0.2) is 0 Å². The largest absolute Gasteiger partial charge is 0.0909 e. The van der Waals surface area contributed by atoms with E-state index in [0.717, 1.165) is 6.42 Å². The highest BCUT2D eigenvalue weighted by atomic mass is 28.3. The van der Waals surface area contributed by atoms with Crippen molar-refractivity contribution in [1.82, 2.24) is 0 Å². The Kier molecular flexibility index (Phi) is 8.78. The fourth-order valence-corrected chi connectivity index (χ4v) is 2.21. The molecule has 0 N–H and O–H groups in total. The fraction of sp³-hybridized carbons (Fsp3) is 0.714. The van der Waals surface area contributed by atoms with Gasteiger partial charge < -0.3 is 0 Å². The van der Waals surface area contributed by atoms with Gasteiger partial charge in [0.15, 0.2) is 0 Å². The predicted octanol–water partition coefficient (Wildman–Crippen LogP) is 5.41. The molecule has 0 amide bonds. The third-order valence-electron chi connectivity index (χ3n) is 2.31. The van der Waals surface area contributed by atoms with Crippen molar-refractivity contribution < 1.29 is 0 Å². The Hall–Kier alpha value is -0.303. The van der Waals surface area contributed by atoms with E-state index in [1.165, 1.54) is 31.7 Å². The van der Waals surface area contributed by atoms with Crippen LogP contribution in [0.4, 0.5) is 0 Å². The molecule has 0 fully saturated rings. The molecule has 0 spiro atoms.